The van der Waals surface area contributed by atoms with E-state index in [1.165, 1.54) is 0 Å². The number of hydrogen-bond acceptors (Lipinski definition) is 6. The highest BCUT2D eigenvalue weighted by Gasteiger charge is 2.17. The summed E-state index contributed by atoms with van der Waals surface area (Å²) < 4.78 is 5.40. The Bertz CT molecular complexity index is 926. The predicted octanol–water partition coefficient (Wildman–Crippen LogP) is 1.53. The van der Waals surface area contributed by atoms with Gasteiger partial charge in [-0.15, -0.1) is 0 Å². The monoisotopic (exact) mass is 326 g/mol. The molecular formula is C16H18N6O2. The van der Waals surface area contributed by atoms with Crippen molar-refractivity contribution in [1.82, 2.24) is 20.4 Å². The minimum atomic E-state index is -0.198. The molecule has 8 heteroatoms. The van der Waals surface area contributed by atoms with Crippen LogP contribution < -0.4 is 15.8 Å². The van der Waals surface area contributed by atoms with Crippen molar-refractivity contribution < 1.29 is 4.74 Å². The first-order chi connectivity index (χ1) is 11.7. The average molecular weight is 326 g/mol. The van der Waals surface area contributed by atoms with E-state index in [2.05, 4.69) is 30.6 Å². The Labute approximate surface area is 137 Å². The summed E-state index contributed by atoms with van der Waals surface area (Å²) in [6.07, 6.45) is 0. The normalized spacial score (nSPS) is 15.0. The molecule has 0 aliphatic carbocycles. The lowest BCUT2D eigenvalue weighted by Crippen LogP contribution is -2.36. The highest BCUT2D eigenvalue weighted by Crippen LogP contribution is 2.29. The SMILES string of the molecule is Cc1cc(Nc2n[nH]c(=O)c3c(N4CCOCC4)cccc23)n[nH]1. The topological polar surface area (TPSA) is 98.9 Å². The summed E-state index contributed by atoms with van der Waals surface area (Å²) in [6.45, 7) is 4.78. The average Bonchev–Trinajstić information content (AvgIpc) is 3.03. The number of nitrogens with zero attached hydrogens (tertiary/aromatic N) is 3. The van der Waals surface area contributed by atoms with E-state index in [9.17, 15) is 4.79 Å². The Hall–Kier alpha value is -2.87. The van der Waals surface area contributed by atoms with Gasteiger partial charge >= 0.3 is 0 Å². The van der Waals surface area contributed by atoms with Crippen LogP contribution in [0.4, 0.5) is 17.3 Å². The number of aromatic amines is 2. The summed E-state index contributed by atoms with van der Waals surface area (Å²) in [5.74, 6) is 1.23. The van der Waals surface area contributed by atoms with Gasteiger partial charge in [0.1, 0.15) is 0 Å². The molecule has 0 saturated carbocycles. The molecule has 3 aromatic rings. The first-order valence-corrected chi connectivity index (χ1v) is 7.85. The van der Waals surface area contributed by atoms with Crippen LogP contribution in [0.3, 0.4) is 0 Å². The molecular weight excluding hydrogens is 308 g/mol. The van der Waals surface area contributed by atoms with Crippen LogP contribution in [0.5, 0.6) is 0 Å². The highest BCUT2D eigenvalue weighted by atomic mass is 16.5. The lowest BCUT2D eigenvalue weighted by molar-refractivity contribution is 0.123. The van der Waals surface area contributed by atoms with Crippen LogP contribution in [0.15, 0.2) is 29.1 Å². The van der Waals surface area contributed by atoms with Gasteiger partial charge in [-0.2, -0.15) is 10.2 Å². The standard InChI is InChI=1S/C16H18N6O2/c1-10-9-13(19-18-10)17-15-11-3-2-4-12(14(11)16(23)21-20-15)22-5-7-24-8-6-22/h2-4,9H,5-8H2,1H3,(H,21,23)(H2,17,18,19,20). The fourth-order valence-corrected chi connectivity index (χ4v) is 2.97. The van der Waals surface area contributed by atoms with Crippen molar-refractivity contribution >= 4 is 28.1 Å². The number of nitrogens with one attached hydrogen (secondary N) is 3. The second kappa shape index (κ2) is 5.97. The number of hydrogen-bond donors (Lipinski definition) is 3. The van der Waals surface area contributed by atoms with E-state index in [-0.39, 0.29) is 5.56 Å². The molecule has 24 heavy (non-hydrogen) atoms. The number of aromatic nitrogens is 4. The molecule has 2 aromatic heterocycles. The molecule has 0 unspecified atom stereocenters. The van der Waals surface area contributed by atoms with Crippen LogP contribution in [0, 0.1) is 6.92 Å². The molecule has 1 aliphatic heterocycles. The summed E-state index contributed by atoms with van der Waals surface area (Å²) in [5.41, 5.74) is 1.65. The number of H-pyrrole nitrogens is 2. The van der Waals surface area contributed by atoms with E-state index in [1.54, 1.807) is 0 Å². The highest BCUT2D eigenvalue weighted by molar-refractivity contribution is 6.00. The summed E-state index contributed by atoms with van der Waals surface area (Å²) in [5, 5.41) is 18.3. The van der Waals surface area contributed by atoms with Crippen molar-refractivity contribution in [2.75, 3.05) is 36.5 Å². The van der Waals surface area contributed by atoms with Gasteiger partial charge in [0.25, 0.3) is 5.56 Å². The van der Waals surface area contributed by atoms with Crippen molar-refractivity contribution in [2.45, 2.75) is 6.92 Å². The van der Waals surface area contributed by atoms with Crippen LogP contribution in [0.2, 0.25) is 0 Å². The molecule has 0 spiro atoms. The van der Waals surface area contributed by atoms with Gasteiger partial charge in [-0.25, -0.2) is 5.10 Å². The molecule has 1 aromatic carbocycles. The molecule has 8 nitrogen and oxygen atoms in total. The first kappa shape index (κ1) is 14.7. The van der Waals surface area contributed by atoms with Gasteiger partial charge in [0.15, 0.2) is 11.6 Å². The molecule has 1 saturated heterocycles. The zero-order valence-corrected chi connectivity index (χ0v) is 13.3. The Balaban J connectivity index is 1.82. The van der Waals surface area contributed by atoms with Gasteiger partial charge in [-0.05, 0) is 13.0 Å². The number of anilines is 3. The summed E-state index contributed by atoms with van der Waals surface area (Å²) >= 11 is 0. The van der Waals surface area contributed by atoms with Gasteiger partial charge in [0, 0.05) is 30.2 Å². The van der Waals surface area contributed by atoms with Crippen LogP contribution >= 0.6 is 0 Å². The number of morpholine rings is 1. The number of fused-ring (bicyclic) bond motifs is 1. The molecule has 4 rings (SSSR count). The Morgan fingerprint density at radius 3 is 2.79 bits per heavy atom. The van der Waals surface area contributed by atoms with Crippen molar-refractivity contribution in [3.63, 3.8) is 0 Å². The van der Waals surface area contributed by atoms with Crippen LogP contribution in [-0.4, -0.2) is 46.7 Å². The summed E-state index contributed by atoms with van der Waals surface area (Å²) in [4.78, 5) is 14.6. The largest absolute Gasteiger partial charge is 0.378 e. The zero-order valence-electron chi connectivity index (χ0n) is 13.3. The quantitative estimate of drug-likeness (QED) is 0.675. The van der Waals surface area contributed by atoms with Crippen molar-refractivity contribution in [3.05, 3.63) is 40.3 Å². The molecule has 3 N–H and O–H groups in total. The van der Waals surface area contributed by atoms with Crippen molar-refractivity contribution in [3.8, 4) is 0 Å². The molecule has 0 radical (unpaired) electrons. The molecule has 0 amide bonds. The molecule has 124 valence electrons. The minimum absolute atomic E-state index is 0.198. The first-order valence-electron chi connectivity index (χ1n) is 7.85. The van der Waals surface area contributed by atoms with Crippen LogP contribution in [-0.2, 0) is 4.74 Å². The second-order valence-electron chi connectivity index (χ2n) is 5.76. The van der Waals surface area contributed by atoms with E-state index in [1.807, 2.05) is 31.2 Å². The fraction of sp³-hybridized carbons (Fsp3) is 0.312. The van der Waals surface area contributed by atoms with Crippen LogP contribution in [0.1, 0.15) is 5.69 Å². The van der Waals surface area contributed by atoms with Crippen molar-refractivity contribution in [1.29, 1.82) is 0 Å². The third-order valence-electron chi connectivity index (χ3n) is 4.10. The molecule has 1 aliphatic rings. The zero-order chi connectivity index (χ0) is 16.5. The van der Waals surface area contributed by atoms with Crippen LogP contribution in [0.25, 0.3) is 10.8 Å². The Morgan fingerprint density at radius 2 is 2.04 bits per heavy atom. The van der Waals surface area contributed by atoms with E-state index in [0.717, 1.165) is 29.9 Å². The van der Waals surface area contributed by atoms with Crippen molar-refractivity contribution in [2.24, 2.45) is 0 Å². The van der Waals surface area contributed by atoms with Gasteiger partial charge in [-0.3, -0.25) is 9.89 Å². The van der Waals surface area contributed by atoms with E-state index < -0.39 is 0 Å². The lowest BCUT2D eigenvalue weighted by Gasteiger charge is -2.29. The molecule has 3 heterocycles. The molecule has 0 bridgehead atoms. The van der Waals surface area contributed by atoms with Gasteiger partial charge in [-0.1, -0.05) is 12.1 Å². The number of benzene rings is 1. The fourth-order valence-electron chi connectivity index (χ4n) is 2.97. The van der Waals surface area contributed by atoms with Gasteiger partial charge < -0.3 is 15.0 Å². The maximum atomic E-state index is 12.4. The molecule has 1 fully saturated rings. The Kier molecular flexibility index (Phi) is 3.66. The third-order valence-corrected chi connectivity index (χ3v) is 4.10. The number of rotatable bonds is 3. The number of ether oxygens (including phenoxy) is 1. The number of aryl methyl sites for hydroxylation is 1. The summed E-state index contributed by atoms with van der Waals surface area (Å²) in [6, 6.07) is 7.68. The smallest absolute Gasteiger partial charge is 0.274 e. The van der Waals surface area contributed by atoms with Gasteiger partial charge in [0.2, 0.25) is 0 Å². The predicted molar refractivity (Wildman–Crippen MR) is 92.0 cm³/mol. The third kappa shape index (κ3) is 2.61. The summed E-state index contributed by atoms with van der Waals surface area (Å²) in [7, 11) is 0. The minimum Gasteiger partial charge on any atom is -0.378 e. The Morgan fingerprint density at radius 1 is 1.21 bits per heavy atom. The van der Waals surface area contributed by atoms with E-state index in [0.29, 0.717) is 30.2 Å². The van der Waals surface area contributed by atoms with E-state index >= 15 is 0 Å². The maximum Gasteiger partial charge on any atom is 0.274 e. The second-order valence-corrected chi connectivity index (χ2v) is 5.76. The van der Waals surface area contributed by atoms with E-state index in [4.69, 9.17) is 4.74 Å². The molecule has 0 atom stereocenters. The maximum absolute atomic E-state index is 12.4. The lowest BCUT2D eigenvalue weighted by atomic mass is 10.1. The van der Waals surface area contributed by atoms with Gasteiger partial charge in [0.05, 0.1) is 24.3 Å².